The molecule has 1 saturated carbocycles. The molecule has 2 aromatic rings. The van der Waals surface area contributed by atoms with Crippen LogP contribution in [0.25, 0.3) is 5.69 Å². The Balaban J connectivity index is 2.09. The maximum atomic E-state index is 11.2. The number of para-hydroxylation sites is 1. The molecule has 0 saturated heterocycles. The van der Waals surface area contributed by atoms with Crippen molar-refractivity contribution >= 4 is 11.4 Å². The van der Waals surface area contributed by atoms with Crippen LogP contribution >= 0.6 is 0 Å². The monoisotopic (exact) mass is 259 g/mol. The second-order valence-electron chi connectivity index (χ2n) is 4.53. The van der Waals surface area contributed by atoms with E-state index in [9.17, 15) is 10.1 Å². The summed E-state index contributed by atoms with van der Waals surface area (Å²) in [5, 5.41) is 15.6. The number of nitro groups is 1. The van der Waals surface area contributed by atoms with Crippen LogP contribution in [0.1, 0.15) is 24.5 Å². The van der Waals surface area contributed by atoms with E-state index in [1.54, 1.807) is 24.4 Å². The van der Waals surface area contributed by atoms with Gasteiger partial charge in [-0.1, -0.05) is 6.07 Å². The molecule has 1 fully saturated rings. The van der Waals surface area contributed by atoms with E-state index in [0.29, 0.717) is 11.6 Å². The molecule has 1 heterocycles. The number of aromatic nitrogens is 2. The normalized spacial score (nSPS) is 14.4. The van der Waals surface area contributed by atoms with Gasteiger partial charge in [0.2, 0.25) is 0 Å². The second-order valence-corrected chi connectivity index (χ2v) is 4.53. The fourth-order valence-corrected chi connectivity index (χ4v) is 2.09. The minimum Gasteiger partial charge on any atom is -0.318 e. The summed E-state index contributed by atoms with van der Waals surface area (Å²) in [4.78, 5) is 10.7. The number of hydrogen-bond donors (Lipinski definition) is 2. The number of nitrogens with zero attached hydrogens (tertiary/aromatic N) is 3. The highest BCUT2D eigenvalue weighted by molar-refractivity contribution is 5.70. The highest BCUT2D eigenvalue weighted by Gasteiger charge is 2.27. The summed E-state index contributed by atoms with van der Waals surface area (Å²) >= 11 is 0. The number of nitro benzene ring substituents is 1. The standard InChI is InChI=1S/C12H13N5O2/c13-14-10-2-1-3-11(12(10)17(18)19)16-7-6-9(15-16)8-4-5-8/h1-3,6-8,14H,4-5,13H2. The third-order valence-corrected chi connectivity index (χ3v) is 3.20. The number of anilines is 1. The quantitative estimate of drug-likeness (QED) is 0.496. The predicted molar refractivity (Wildman–Crippen MR) is 70.0 cm³/mol. The summed E-state index contributed by atoms with van der Waals surface area (Å²) in [6.45, 7) is 0. The van der Waals surface area contributed by atoms with Crippen LogP contribution in [0.3, 0.4) is 0 Å². The Labute approximate surface area is 109 Å². The first-order valence-corrected chi connectivity index (χ1v) is 6.00. The van der Waals surface area contributed by atoms with E-state index in [4.69, 9.17) is 5.84 Å². The van der Waals surface area contributed by atoms with Crippen molar-refractivity contribution in [2.75, 3.05) is 5.43 Å². The molecule has 7 heteroatoms. The molecular weight excluding hydrogens is 246 g/mol. The molecule has 1 aromatic heterocycles. The van der Waals surface area contributed by atoms with Crippen molar-refractivity contribution in [1.29, 1.82) is 0 Å². The van der Waals surface area contributed by atoms with Gasteiger partial charge in [-0.3, -0.25) is 16.0 Å². The number of benzene rings is 1. The van der Waals surface area contributed by atoms with Gasteiger partial charge in [-0.2, -0.15) is 5.10 Å². The molecule has 0 atom stereocenters. The molecule has 0 bridgehead atoms. The van der Waals surface area contributed by atoms with E-state index < -0.39 is 4.92 Å². The summed E-state index contributed by atoms with van der Waals surface area (Å²) in [5.41, 5.74) is 3.94. The van der Waals surface area contributed by atoms with Crippen LogP contribution < -0.4 is 11.3 Å². The first kappa shape index (κ1) is 11.7. The smallest absolute Gasteiger partial charge is 0.318 e. The molecule has 3 rings (SSSR count). The van der Waals surface area contributed by atoms with Gasteiger partial charge in [0.25, 0.3) is 0 Å². The van der Waals surface area contributed by atoms with Crippen molar-refractivity contribution in [3.63, 3.8) is 0 Å². The van der Waals surface area contributed by atoms with Gasteiger partial charge in [0.1, 0.15) is 11.4 Å². The lowest BCUT2D eigenvalue weighted by Gasteiger charge is -2.07. The zero-order valence-electron chi connectivity index (χ0n) is 10.1. The average molecular weight is 259 g/mol. The highest BCUT2D eigenvalue weighted by atomic mass is 16.6. The molecule has 7 nitrogen and oxygen atoms in total. The molecule has 98 valence electrons. The van der Waals surface area contributed by atoms with Gasteiger partial charge in [-0.25, -0.2) is 4.68 Å². The molecule has 0 spiro atoms. The molecular formula is C12H13N5O2. The Morgan fingerprint density at radius 2 is 2.21 bits per heavy atom. The van der Waals surface area contributed by atoms with Crippen LogP contribution in [0.5, 0.6) is 0 Å². The topological polar surface area (TPSA) is 99.0 Å². The number of nitrogen functional groups attached to an aromatic ring is 1. The van der Waals surface area contributed by atoms with E-state index in [0.717, 1.165) is 18.5 Å². The van der Waals surface area contributed by atoms with Crippen molar-refractivity contribution in [2.24, 2.45) is 5.84 Å². The summed E-state index contributed by atoms with van der Waals surface area (Å²) in [5.74, 6) is 5.83. The van der Waals surface area contributed by atoms with E-state index in [1.807, 2.05) is 6.07 Å². The lowest BCUT2D eigenvalue weighted by molar-refractivity contribution is -0.383. The molecule has 0 unspecified atom stereocenters. The van der Waals surface area contributed by atoms with E-state index >= 15 is 0 Å². The van der Waals surface area contributed by atoms with E-state index in [2.05, 4.69) is 10.5 Å². The molecule has 19 heavy (non-hydrogen) atoms. The van der Waals surface area contributed by atoms with Gasteiger partial charge < -0.3 is 5.43 Å². The Bertz CT molecular complexity index is 633. The first-order chi connectivity index (χ1) is 9.20. The van der Waals surface area contributed by atoms with E-state index in [-0.39, 0.29) is 11.4 Å². The van der Waals surface area contributed by atoms with Gasteiger partial charge >= 0.3 is 5.69 Å². The Morgan fingerprint density at radius 3 is 2.84 bits per heavy atom. The van der Waals surface area contributed by atoms with Crippen molar-refractivity contribution in [3.05, 3.63) is 46.3 Å². The van der Waals surface area contributed by atoms with Gasteiger partial charge in [-0.05, 0) is 31.0 Å². The SMILES string of the molecule is NNc1cccc(-n2ccc(C3CC3)n2)c1[N+](=O)[O-]. The van der Waals surface area contributed by atoms with Gasteiger partial charge in [-0.15, -0.1) is 0 Å². The number of hydrazine groups is 1. The number of nitrogens with one attached hydrogen (secondary N) is 1. The Hall–Kier alpha value is -2.41. The predicted octanol–water partition coefficient (Wildman–Crippen LogP) is 1.94. The Kier molecular flexibility index (Phi) is 2.68. The van der Waals surface area contributed by atoms with Crippen LogP contribution in [-0.2, 0) is 0 Å². The molecule has 0 aliphatic heterocycles. The fourth-order valence-electron chi connectivity index (χ4n) is 2.09. The molecule has 3 N–H and O–H groups in total. The van der Waals surface area contributed by atoms with Crippen molar-refractivity contribution < 1.29 is 4.92 Å². The lowest BCUT2D eigenvalue weighted by Crippen LogP contribution is -2.11. The van der Waals surface area contributed by atoms with Crippen LogP contribution in [-0.4, -0.2) is 14.7 Å². The summed E-state index contributed by atoms with van der Waals surface area (Å²) in [6.07, 6.45) is 4.03. The minimum atomic E-state index is -0.455. The van der Waals surface area contributed by atoms with Crippen LogP contribution in [0.15, 0.2) is 30.5 Å². The van der Waals surface area contributed by atoms with E-state index in [1.165, 1.54) is 4.68 Å². The maximum Gasteiger partial charge on any atom is 0.319 e. The maximum absolute atomic E-state index is 11.2. The zero-order valence-corrected chi connectivity index (χ0v) is 10.1. The molecule has 0 radical (unpaired) electrons. The number of hydrogen-bond acceptors (Lipinski definition) is 5. The number of nitrogens with two attached hydrogens (primary N) is 1. The van der Waals surface area contributed by atoms with Crippen molar-refractivity contribution in [3.8, 4) is 5.69 Å². The Morgan fingerprint density at radius 1 is 1.42 bits per heavy atom. The van der Waals surface area contributed by atoms with Crippen LogP contribution in [0.2, 0.25) is 0 Å². The van der Waals surface area contributed by atoms with Crippen LogP contribution in [0.4, 0.5) is 11.4 Å². The fraction of sp³-hybridized carbons (Fsp3) is 0.250. The summed E-state index contributed by atoms with van der Waals surface area (Å²) in [6, 6.07) is 6.83. The van der Waals surface area contributed by atoms with Gasteiger partial charge in [0.05, 0.1) is 10.6 Å². The third kappa shape index (κ3) is 2.04. The van der Waals surface area contributed by atoms with Crippen molar-refractivity contribution in [2.45, 2.75) is 18.8 Å². The second kappa shape index (κ2) is 4.36. The lowest BCUT2D eigenvalue weighted by atomic mass is 10.2. The van der Waals surface area contributed by atoms with Gasteiger partial charge in [0.15, 0.2) is 0 Å². The minimum absolute atomic E-state index is 0.0737. The summed E-state index contributed by atoms with van der Waals surface area (Å²) in [7, 11) is 0. The third-order valence-electron chi connectivity index (χ3n) is 3.20. The summed E-state index contributed by atoms with van der Waals surface area (Å²) < 4.78 is 1.53. The zero-order chi connectivity index (χ0) is 13.4. The highest BCUT2D eigenvalue weighted by Crippen LogP contribution is 2.39. The first-order valence-electron chi connectivity index (χ1n) is 6.00. The number of rotatable bonds is 4. The molecule has 0 amide bonds. The van der Waals surface area contributed by atoms with Crippen molar-refractivity contribution in [1.82, 2.24) is 9.78 Å². The molecule has 1 aliphatic carbocycles. The van der Waals surface area contributed by atoms with Crippen LogP contribution in [0, 0.1) is 10.1 Å². The molecule has 1 aromatic carbocycles. The van der Waals surface area contributed by atoms with Gasteiger partial charge in [0, 0.05) is 12.1 Å². The molecule has 1 aliphatic rings. The average Bonchev–Trinajstić information content (AvgIpc) is 3.15. The largest absolute Gasteiger partial charge is 0.319 e.